The third kappa shape index (κ3) is 4.17. The minimum Gasteiger partial charge on any atom is -0.454 e. The van der Waals surface area contributed by atoms with Gasteiger partial charge in [-0.1, -0.05) is 36.0 Å². The first-order valence-corrected chi connectivity index (χ1v) is 11.3. The highest BCUT2D eigenvalue weighted by atomic mass is 32.2. The Bertz CT molecular complexity index is 1430. The number of benzene rings is 3. The van der Waals surface area contributed by atoms with E-state index < -0.39 is 5.25 Å². The fourth-order valence-corrected chi connectivity index (χ4v) is 4.54. The Labute approximate surface area is 194 Å². The molecule has 7 nitrogen and oxygen atoms in total. The Morgan fingerprint density at radius 1 is 1.06 bits per heavy atom. The van der Waals surface area contributed by atoms with Gasteiger partial charge >= 0.3 is 0 Å². The zero-order valence-electron chi connectivity index (χ0n) is 18.1. The molecule has 0 saturated carbocycles. The summed E-state index contributed by atoms with van der Waals surface area (Å²) < 4.78 is 12.3. The molecule has 0 saturated heterocycles. The first kappa shape index (κ1) is 21.1. The van der Waals surface area contributed by atoms with Crippen LogP contribution in [0.15, 0.2) is 76.7 Å². The van der Waals surface area contributed by atoms with E-state index in [1.165, 1.54) is 11.8 Å². The molecule has 4 aromatic rings. The lowest BCUT2D eigenvalue weighted by Gasteiger charge is -2.17. The van der Waals surface area contributed by atoms with E-state index in [1.807, 2.05) is 43.3 Å². The molecule has 0 fully saturated rings. The Morgan fingerprint density at radius 3 is 2.73 bits per heavy atom. The fourth-order valence-electron chi connectivity index (χ4n) is 3.62. The number of aryl methyl sites for hydroxylation is 1. The van der Waals surface area contributed by atoms with Crippen molar-refractivity contribution in [2.45, 2.75) is 24.3 Å². The molecule has 1 N–H and O–H groups in total. The molecule has 0 unspecified atom stereocenters. The van der Waals surface area contributed by atoms with Gasteiger partial charge in [0, 0.05) is 11.8 Å². The van der Waals surface area contributed by atoms with Crippen LogP contribution in [0.4, 0.5) is 5.69 Å². The van der Waals surface area contributed by atoms with Crippen LogP contribution in [0.5, 0.6) is 11.5 Å². The number of ether oxygens (including phenoxy) is 2. The van der Waals surface area contributed by atoms with Crippen molar-refractivity contribution in [1.82, 2.24) is 9.55 Å². The smallest absolute Gasteiger partial charge is 0.266 e. The Balaban J connectivity index is 1.48. The zero-order chi connectivity index (χ0) is 22.9. The molecule has 1 aliphatic rings. The fraction of sp³-hybridized carbons (Fsp3) is 0.160. The highest BCUT2D eigenvalue weighted by Gasteiger charge is 2.21. The Kier molecular flexibility index (Phi) is 5.51. The highest BCUT2D eigenvalue weighted by molar-refractivity contribution is 8.00. The standard InChI is InChI=1S/C25H21N3O4S/c1-15-6-5-7-18(12-15)28-24(30)19-8-3-4-9-20(19)27-25(28)33-16(2)23(29)26-17-10-11-21-22(13-17)32-14-31-21/h3-13,16H,14H2,1-2H3,(H,26,29)/t16-/m1/s1. The van der Waals surface area contributed by atoms with Crippen molar-refractivity contribution in [3.63, 3.8) is 0 Å². The summed E-state index contributed by atoms with van der Waals surface area (Å²) in [5, 5.41) is 3.37. The molecule has 5 rings (SSSR count). The third-order valence-electron chi connectivity index (χ3n) is 5.30. The molecule has 8 heteroatoms. The molecule has 0 aliphatic carbocycles. The first-order chi connectivity index (χ1) is 16.0. The van der Waals surface area contributed by atoms with E-state index in [0.29, 0.717) is 38.9 Å². The van der Waals surface area contributed by atoms with Gasteiger partial charge in [-0.3, -0.25) is 14.2 Å². The lowest BCUT2D eigenvalue weighted by molar-refractivity contribution is -0.115. The number of amides is 1. The molecule has 0 spiro atoms. The number of nitrogens with zero attached hydrogens (tertiary/aromatic N) is 2. The summed E-state index contributed by atoms with van der Waals surface area (Å²) in [5.41, 5.74) is 2.77. The van der Waals surface area contributed by atoms with E-state index in [1.54, 1.807) is 41.8 Å². The molecule has 1 amide bonds. The minimum absolute atomic E-state index is 0.169. The molecular formula is C25H21N3O4S. The summed E-state index contributed by atoms with van der Waals surface area (Å²) in [6, 6.07) is 20.2. The molecule has 0 bridgehead atoms. The van der Waals surface area contributed by atoms with Crippen molar-refractivity contribution in [2.75, 3.05) is 12.1 Å². The summed E-state index contributed by atoms with van der Waals surface area (Å²) in [6.07, 6.45) is 0. The van der Waals surface area contributed by atoms with Gasteiger partial charge in [-0.2, -0.15) is 0 Å². The van der Waals surface area contributed by atoms with E-state index >= 15 is 0 Å². The van der Waals surface area contributed by atoms with Gasteiger partial charge in [-0.25, -0.2) is 4.98 Å². The normalized spacial score (nSPS) is 13.2. The van der Waals surface area contributed by atoms with Gasteiger partial charge in [0.1, 0.15) is 0 Å². The quantitative estimate of drug-likeness (QED) is 0.349. The minimum atomic E-state index is -0.514. The van der Waals surface area contributed by atoms with Crippen molar-refractivity contribution in [2.24, 2.45) is 0 Å². The molecule has 33 heavy (non-hydrogen) atoms. The Hall–Kier alpha value is -3.78. The second-order valence-electron chi connectivity index (χ2n) is 7.71. The number of fused-ring (bicyclic) bond motifs is 2. The molecule has 3 aromatic carbocycles. The molecule has 1 atom stereocenters. The summed E-state index contributed by atoms with van der Waals surface area (Å²) >= 11 is 1.24. The maximum absolute atomic E-state index is 13.4. The monoisotopic (exact) mass is 459 g/mol. The van der Waals surface area contributed by atoms with Crippen LogP contribution in [0, 0.1) is 6.92 Å². The van der Waals surface area contributed by atoms with Crippen LogP contribution in [0.3, 0.4) is 0 Å². The van der Waals surface area contributed by atoms with Crippen LogP contribution < -0.4 is 20.3 Å². The second-order valence-corrected chi connectivity index (χ2v) is 9.02. The number of hydrogen-bond acceptors (Lipinski definition) is 6. The van der Waals surface area contributed by atoms with Gasteiger partial charge in [-0.15, -0.1) is 0 Å². The average Bonchev–Trinajstić information content (AvgIpc) is 3.27. The lowest BCUT2D eigenvalue weighted by atomic mass is 10.2. The SMILES string of the molecule is Cc1cccc(-n2c(S[C@H](C)C(=O)Nc3ccc4c(c3)OCO4)nc3ccccc3c2=O)c1. The van der Waals surface area contributed by atoms with Gasteiger partial charge in [0.15, 0.2) is 16.7 Å². The number of nitrogens with one attached hydrogen (secondary N) is 1. The van der Waals surface area contributed by atoms with E-state index in [4.69, 9.17) is 14.5 Å². The highest BCUT2D eigenvalue weighted by Crippen LogP contribution is 2.34. The van der Waals surface area contributed by atoms with Crippen molar-refractivity contribution >= 4 is 34.3 Å². The van der Waals surface area contributed by atoms with E-state index in [0.717, 1.165) is 5.56 Å². The molecule has 166 valence electrons. The van der Waals surface area contributed by atoms with Crippen molar-refractivity contribution in [3.05, 3.63) is 82.6 Å². The predicted octanol–water partition coefficient (Wildman–Crippen LogP) is 4.54. The largest absolute Gasteiger partial charge is 0.454 e. The summed E-state index contributed by atoms with van der Waals surface area (Å²) in [6.45, 7) is 3.93. The van der Waals surface area contributed by atoms with Gasteiger partial charge in [0.25, 0.3) is 5.56 Å². The van der Waals surface area contributed by atoms with Crippen LogP contribution in [0.1, 0.15) is 12.5 Å². The number of rotatable bonds is 5. The molecule has 2 heterocycles. The number of carbonyl (C=O) groups is 1. The summed E-state index contributed by atoms with van der Waals surface area (Å²) in [5.74, 6) is 1.03. The van der Waals surface area contributed by atoms with Gasteiger partial charge in [0.2, 0.25) is 12.7 Å². The number of carbonyl (C=O) groups excluding carboxylic acids is 1. The maximum atomic E-state index is 13.4. The average molecular weight is 460 g/mol. The molecule has 1 aliphatic heterocycles. The van der Waals surface area contributed by atoms with E-state index in [-0.39, 0.29) is 18.3 Å². The topological polar surface area (TPSA) is 82.5 Å². The number of para-hydroxylation sites is 1. The van der Waals surface area contributed by atoms with Gasteiger partial charge in [0.05, 0.1) is 21.8 Å². The van der Waals surface area contributed by atoms with Gasteiger partial charge in [-0.05, 0) is 55.8 Å². The number of thioether (sulfide) groups is 1. The van der Waals surface area contributed by atoms with Crippen LogP contribution >= 0.6 is 11.8 Å². The molecule has 0 radical (unpaired) electrons. The maximum Gasteiger partial charge on any atom is 0.266 e. The first-order valence-electron chi connectivity index (χ1n) is 10.5. The zero-order valence-corrected chi connectivity index (χ0v) is 18.9. The van der Waals surface area contributed by atoms with Crippen LogP contribution in [0.2, 0.25) is 0 Å². The lowest BCUT2D eigenvalue weighted by Crippen LogP contribution is -2.26. The van der Waals surface area contributed by atoms with Crippen LogP contribution in [-0.2, 0) is 4.79 Å². The molecular weight excluding hydrogens is 438 g/mol. The summed E-state index contributed by atoms with van der Waals surface area (Å²) in [4.78, 5) is 31.1. The third-order valence-corrected chi connectivity index (χ3v) is 6.35. The number of aromatic nitrogens is 2. The van der Waals surface area contributed by atoms with Crippen molar-refractivity contribution < 1.29 is 14.3 Å². The van der Waals surface area contributed by atoms with Crippen molar-refractivity contribution in [1.29, 1.82) is 0 Å². The molecule has 1 aromatic heterocycles. The second kappa shape index (κ2) is 8.63. The number of anilines is 1. The van der Waals surface area contributed by atoms with Crippen molar-refractivity contribution in [3.8, 4) is 17.2 Å². The predicted molar refractivity (Wildman–Crippen MR) is 129 cm³/mol. The van der Waals surface area contributed by atoms with Gasteiger partial charge < -0.3 is 14.8 Å². The van der Waals surface area contributed by atoms with Crippen LogP contribution in [-0.4, -0.2) is 27.5 Å². The summed E-state index contributed by atoms with van der Waals surface area (Å²) in [7, 11) is 0. The van der Waals surface area contributed by atoms with E-state index in [9.17, 15) is 9.59 Å². The van der Waals surface area contributed by atoms with E-state index in [2.05, 4.69) is 5.32 Å². The van der Waals surface area contributed by atoms with Crippen LogP contribution in [0.25, 0.3) is 16.6 Å². The Morgan fingerprint density at radius 2 is 1.88 bits per heavy atom. The number of hydrogen-bond donors (Lipinski definition) is 1.